The summed E-state index contributed by atoms with van der Waals surface area (Å²) in [7, 11) is 0. The molecular weight excluding hydrogens is 912 g/mol. The van der Waals surface area contributed by atoms with Crippen LogP contribution in [0.15, 0.2) is 206 Å². The third-order valence-electron chi connectivity index (χ3n) is 14.5. The Kier molecular flexibility index (Phi) is 11.9. The van der Waals surface area contributed by atoms with Gasteiger partial charge in [0, 0.05) is 32.4 Å². The van der Waals surface area contributed by atoms with Crippen LogP contribution >= 0.6 is 22.9 Å². The number of rotatable bonds is 8. The van der Waals surface area contributed by atoms with Gasteiger partial charge in [-0.1, -0.05) is 207 Å². The van der Waals surface area contributed by atoms with E-state index in [1.54, 1.807) is 11.3 Å². The van der Waals surface area contributed by atoms with E-state index in [0.29, 0.717) is 5.02 Å². The molecule has 4 heteroatoms. The first-order valence-electron chi connectivity index (χ1n) is 25.2. The lowest BCUT2D eigenvalue weighted by Gasteiger charge is -2.32. The van der Waals surface area contributed by atoms with E-state index >= 15 is 0 Å². The average Bonchev–Trinajstić information content (AvgIpc) is 3.80. The van der Waals surface area contributed by atoms with Crippen molar-refractivity contribution in [3.05, 3.63) is 227 Å². The van der Waals surface area contributed by atoms with Gasteiger partial charge in [0.05, 0.1) is 27.8 Å². The summed E-state index contributed by atoms with van der Waals surface area (Å²) in [5, 5.41) is 11.7. The third-order valence-corrected chi connectivity index (χ3v) is 15.8. The Morgan fingerprint density at radius 1 is 0.333 bits per heavy atom. The van der Waals surface area contributed by atoms with Gasteiger partial charge in [0.15, 0.2) is 0 Å². The molecule has 0 unspecified atom stereocenters. The molecule has 0 fully saturated rings. The maximum Gasteiger partial charge on any atom is 0.0887 e. The van der Waals surface area contributed by atoms with E-state index < -0.39 is 0 Å². The Labute approximate surface area is 434 Å². The van der Waals surface area contributed by atoms with E-state index in [1.807, 2.05) is 0 Å². The second-order valence-electron chi connectivity index (χ2n) is 22.4. The maximum atomic E-state index is 8.12. The predicted molar refractivity (Wildman–Crippen MR) is 316 cm³/mol. The topological polar surface area (TPSA) is 6.48 Å². The highest BCUT2D eigenvalue weighted by Crippen LogP contribution is 2.52. The molecule has 0 atom stereocenters. The highest BCUT2D eigenvalue weighted by atomic mass is 35.5. The van der Waals surface area contributed by atoms with Crippen LogP contribution in [0.2, 0.25) is 5.02 Å². The molecule has 0 spiro atoms. The van der Waals surface area contributed by atoms with Crippen LogP contribution in [-0.4, -0.2) is 0 Å². The molecule has 72 heavy (non-hydrogen) atoms. The van der Waals surface area contributed by atoms with Crippen LogP contribution in [0.5, 0.6) is 0 Å². The van der Waals surface area contributed by atoms with Crippen molar-refractivity contribution in [2.75, 3.05) is 9.80 Å². The van der Waals surface area contributed by atoms with E-state index in [2.05, 4.69) is 278 Å². The van der Waals surface area contributed by atoms with Gasteiger partial charge in [-0.2, -0.15) is 0 Å². The highest BCUT2D eigenvalue weighted by molar-refractivity contribution is 7.17. The number of para-hydroxylation sites is 1. The monoisotopic (exact) mass is 972 g/mol. The second-order valence-corrected chi connectivity index (χ2v) is 23.7. The lowest BCUT2D eigenvalue weighted by atomic mass is 9.84. The van der Waals surface area contributed by atoms with E-state index in [4.69, 9.17) is 11.6 Å². The molecule has 0 amide bonds. The van der Waals surface area contributed by atoms with Crippen molar-refractivity contribution in [1.29, 1.82) is 0 Å². The first kappa shape index (κ1) is 47.2. The number of hydrogen-bond donors (Lipinski definition) is 0. The standard InChI is InChI=1S/C68H61ClN2S/c1-66(2,3)47-31-26-44(27-32-47)45-28-35-51(36-29-45)70(50-18-11-10-12-19-50)61-24-17-25-62(65(61)69)71(63-43-72-64-39-34-49(42-59(63)64)68(7,8)9)60-38-33-48(67(4,5)6)41-57(60)46-30-37-56-54-22-14-13-20-52(54)53-21-15-16-23-55(53)58(56)40-46/h10-43H,1-9H3. The van der Waals surface area contributed by atoms with Crippen molar-refractivity contribution in [3.63, 3.8) is 0 Å². The van der Waals surface area contributed by atoms with Crippen LogP contribution in [0, 0.1) is 0 Å². The van der Waals surface area contributed by atoms with E-state index in [9.17, 15) is 0 Å². The van der Waals surface area contributed by atoms with Gasteiger partial charge in [0.2, 0.25) is 0 Å². The number of hydrogen-bond acceptors (Lipinski definition) is 3. The van der Waals surface area contributed by atoms with Crippen LogP contribution in [0.4, 0.5) is 34.1 Å². The van der Waals surface area contributed by atoms with Gasteiger partial charge < -0.3 is 9.80 Å². The molecule has 0 saturated heterocycles. The number of benzene rings is 10. The summed E-state index contributed by atoms with van der Waals surface area (Å²) >= 11 is 9.90. The van der Waals surface area contributed by atoms with Crippen molar-refractivity contribution in [3.8, 4) is 22.3 Å². The summed E-state index contributed by atoms with van der Waals surface area (Å²) in [6, 6.07) is 73.8. The molecule has 1 aromatic heterocycles. The molecule has 0 bridgehead atoms. The highest BCUT2D eigenvalue weighted by Gasteiger charge is 2.28. The van der Waals surface area contributed by atoms with E-state index in [0.717, 1.165) is 45.3 Å². The summed E-state index contributed by atoms with van der Waals surface area (Å²) in [5.74, 6) is 0. The second kappa shape index (κ2) is 18.1. The molecule has 356 valence electrons. The lowest BCUT2D eigenvalue weighted by molar-refractivity contribution is 0.590. The Bertz CT molecular complexity index is 3770. The van der Waals surface area contributed by atoms with Crippen LogP contribution < -0.4 is 9.80 Å². The molecule has 10 aromatic carbocycles. The summed E-state index contributed by atoms with van der Waals surface area (Å²) in [6.45, 7) is 20.6. The molecule has 0 aliphatic rings. The van der Waals surface area contributed by atoms with Gasteiger partial charge in [-0.25, -0.2) is 0 Å². The Hall–Kier alpha value is -7.17. The number of thiophene rings is 1. The zero-order chi connectivity index (χ0) is 50.1. The zero-order valence-electron chi connectivity index (χ0n) is 42.8. The van der Waals surface area contributed by atoms with Gasteiger partial charge in [0.1, 0.15) is 0 Å². The van der Waals surface area contributed by atoms with Crippen molar-refractivity contribution < 1.29 is 0 Å². The fourth-order valence-corrected chi connectivity index (χ4v) is 11.6. The summed E-state index contributed by atoms with van der Waals surface area (Å²) < 4.78 is 1.23. The minimum Gasteiger partial charge on any atom is -0.309 e. The Balaban J connectivity index is 1.14. The van der Waals surface area contributed by atoms with Crippen LogP contribution in [-0.2, 0) is 16.2 Å². The molecule has 0 radical (unpaired) electrons. The molecule has 0 N–H and O–H groups in total. The normalized spacial score (nSPS) is 12.3. The number of nitrogens with zero attached hydrogens (tertiary/aromatic N) is 2. The largest absolute Gasteiger partial charge is 0.309 e. The Morgan fingerprint density at radius 2 is 0.806 bits per heavy atom. The fourth-order valence-electron chi connectivity index (χ4n) is 10.4. The van der Waals surface area contributed by atoms with Crippen molar-refractivity contribution in [2.24, 2.45) is 0 Å². The van der Waals surface area contributed by atoms with E-state index in [-0.39, 0.29) is 16.2 Å². The molecule has 0 aliphatic carbocycles. The van der Waals surface area contributed by atoms with Crippen molar-refractivity contribution in [2.45, 2.75) is 78.6 Å². The zero-order valence-corrected chi connectivity index (χ0v) is 44.4. The fraction of sp³-hybridized carbons (Fsp3) is 0.176. The smallest absolute Gasteiger partial charge is 0.0887 e. The van der Waals surface area contributed by atoms with Gasteiger partial charge in [-0.05, 0) is 149 Å². The van der Waals surface area contributed by atoms with Gasteiger partial charge in [0.25, 0.3) is 0 Å². The third kappa shape index (κ3) is 8.63. The SMILES string of the molecule is CC(C)(C)c1ccc(-c2ccc(N(c3ccccc3)c3cccc(N(c4ccc(C(C)(C)C)cc4-c4ccc5c6ccccc6c6ccccc6c5c4)c4csc5ccc(C(C)(C)C)cc45)c3Cl)cc2)cc1. The number of anilines is 6. The molecular formula is C68H61ClN2S. The Morgan fingerprint density at radius 3 is 1.40 bits per heavy atom. The number of fused-ring (bicyclic) bond motifs is 7. The first-order chi connectivity index (χ1) is 34.5. The summed E-state index contributed by atoms with van der Waals surface area (Å²) in [4.78, 5) is 4.73. The summed E-state index contributed by atoms with van der Waals surface area (Å²) in [5.41, 5.74) is 14.4. The molecule has 11 rings (SSSR count). The molecule has 11 aromatic rings. The predicted octanol–water partition coefficient (Wildman–Crippen LogP) is 21.2. The van der Waals surface area contributed by atoms with Crippen LogP contribution in [0.1, 0.15) is 79.0 Å². The van der Waals surface area contributed by atoms with Crippen LogP contribution in [0.25, 0.3) is 64.7 Å². The minimum atomic E-state index is -0.103. The average molecular weight is 974 g/mol. The molecule has 1 heterocycles. The maximum absolute atomic E-state index is 8.12. The molecule has 0 aliphatic heterocycles. The number of halogens is 1. The summed E-state index contributed by atoms with van der Waals surface area (Å²) in [6.07, 6.45) is 0. The van der Waals surface area contributed by atoms with Gasteiger partial charge >= 0.3 is 0 Å². The minimum absolute atomic E-state index is 0.0467. The van der Waals surface area contributed by atoms with Crippen molar-refractivity contribution >= 4 is 99.5 Å². The molecule has 2 nitrogen and oxygen atoms in total. The van der Waals surface area contributed by atoms with Crippen molar-refractivity contribution in [1.82, 2.24) is 0 Å². The van der Waals surface area contributed by atoms with Gasteiger partial charge in [-0.15, -0.1) is 11.3 Å². The molecule has 0 saturated carbocycles. The van der Waals surface area contributed by atoms with Crippen LogP contribution in [0.3, 0.4) is 0 Å². The quantitative estimate of drug-likeness (QED) is 0.140. The lowest BCUT2D eigenvalue weighted by Crippen LogP contribution is -2.16. The van der Waals surface area contributed by atoms with E-state index in [1.165, 1.54) is 70.2 Å². The first-order valence-corrected chi connectivity index (χ1v) is 26.4. The van der Waals surface area contributed by atoms with Gasteiger partial charge in [-0.3, -0.25) is 0 Å².